The maximum absolute atomic E-state index is 5.04. The average molecular weight is 269 g/mol. The number of methoxy groups -OCH3 is 1. The Kier molecular flexibility index (Phi) is 3.20. The van der Waals surface area contributed by atoms with Crippen molar-refractivity contribution in [3.63, 3.8) is 0 Å². The molecule has 0 aliphatic carbocycles. The summed E-state index contributed by atoms with van der Waals surface area (Å²) >= 11 is 0. The topological polar surface area (TPSA) is 75.7 Å². The molecule has 102 valence electrons. The smallest absolute Gasteiger partial charge is 0.212 e. The van der Waals surface area contributed by atoms with Gasteiger partial charge in [0, 0.05) is 25.0 Å². The van der Waals surface area contributed by atoms with Gasteiger partial charge >= 0.3 is 0 Å². The highest BCUT2D eigenvalue weighted by Gasteiger charge is 2.07. The zero-order valence-electron chi connectivity index (χ0n) is 11.3. The fourth-order valence-electron chi connectivity index (χ4n) is 2.01. The van der Waals surface area contributed by atoms with E-state index in [1.165, 1.54) is 0 Å². The van der Waals surface area contributed by atoms with E-state index in [0.29, 0.717) is 12.4 Å². The number of nitrogens with one attached hydrogen (secondary N) is 2. The van der Waals surface area contributed by atoms with Gasteiger partial charge in [-0.05, 0) is 18.6 Å². The lowest BCUT2D eigenvalue weighted by atomic mass is 10.2. The molecule has 2 N–H and O–H groups in total. The highest BCUT2D eigenvalue weighted by Crippen LogP contribution is 2.21. The molecule has 0 amide bonds. The van der Waals surface area contributed by atoms with Gasteiger partial charge in [-0.15, -0.1) is 0 Å². The number of hydrogen-bond acceptors (Lipinski definition) is 5. The van der Waals surface area contributed by atoms with Crippen molar-refractivity contribution in [2.45, 2.75) is 13.5 Å². The Hall–Kier alpha value is -2.63. The van der Waals surface area contributed by atoms with Gasteiger partial charge in [0.2, 0.25) is 5.88 Å². The van der Waals surface area contributed by atoms with E-state index in [1.807, 2.05) is 25.1 Å². The minimum atomic E-state index is 0.614. The highest BCUT2D eigenvalue weighted by molar-refractivity contribution is 5.88. The Morgan fingerprint density at radius 3 is 2.85 bits per heavy atom. The number of pyridine rings is 2. The molecule has 6 heteroatoms. The molecule has 0 spiro atoms. The third-order valence-corrected chi connectivity index (χ3v) is 3.10. The molecule has 0 saturated heterocycles. The SMILES string of the molecule is COc1ccc(CNc2ccnc3c(C)[nH]nc23)cn1. The van der Waals surface area contributed by atoms with E-state index >= 15 is 0 Å². The summed E-state index contributed by atoms with van der Waals surface area (Å²) in [6, 6.07) is 5.74. The zero-order valence-corrected chi connectivity index (χ0v) is 11.3. The molecule has 0 atom stereocenters. The van der Waals surface area contributed by atoms with Crippen molar-refractivity contribution < 1.29 is 4.74 Å². The van der Waals surface area contributed by atoms with Crippen LogP contribution in [0.5, 0.6) is 5.88 Å². The summed E-state index contributed by atoms with van der Waals surface area (Å²) in [6.45, 7) is 2.63. The van der Waals surface area contributed by atoms with Crippen LogP contribution in [0.4, 0.5) is 5.69 Å². The van der Waals surface area contributed by atoms with Crippen LogP contribution in [-0.2, 0) is 6.54 Å². The molecular weight excluding hydrogens is 254 g/mol. The minimum Gasteiger partial charge on any atom is -0.481 e. The van der Waals surface area contributed by atoms with Gasteiger partial charge in [-0.1, -0.05) is 6.07 Å². The van der Waals surface area contributed by atoms with Gasteiger partial charge in [-0.3, -0.25) is 10.1 Å². The van der Waals surface area contributed by atoms with Crippen LogP contribution in [0.15, 0.2) is 30.6 Å². The number of rotatable bonds is 4. The Morgan fingerprint density at radius 2 is 2.10 bits per heavy atom. The van der Waals surface area contributed by atoms with Crippen molar-refractivity contribution >= 4 is 16.7 Å². The molecule has 3 aromatic heterocycles. The van der Waals surface area contributed by atoms with Crippen molar-refractivity contribution in [1.82, 2.24) is 20.2 Å². The summed E-state index contributed by atoms with van der Waals surface area (Å²) in [6.07, 6.45) is 3.57. The molecule has 0 aliphatic heterocycles. The number of hydrogen-bond donors (Lipinski definition) is 2. The molecule has 3 aromatic rings. The first kappa shape index (κ1) is 12.4. The maximum Gasteiger partial charge on any atom is 0.212 e. The van der Waals surface area contributed by atoms with Crippen LogP contribution < -0.4 is 10.1 Å². The lowest BCUT2D eigenvalue weighted by molar-refractivity contribution is 0.397. The Bertz CT molecular complexity index is 720. The molecule has 0 aromatic carbocycles. The molecule has 0 fully saturated rings. The summed E-state index contributed by atoms with van der Waals surface area (Å²) in [5.74, 6) is 0.614. The molecule has 0 radical (unpaired) electrons. The summed E-state index contributed by atoms with van der Waals surface area (Å²) in [5, 5.41) is 10.6. The van der Waals surface area contributed by atoms with Crippen LogP contribution in [-0.4, -0.2) is 27.3 Å². The summed E-state index contributed by atoms with van der Waals surface area (Å²) in [7, 11) is 1.61. The van der Waals surface area contributed by atoms with E-state index in [1.54, 1.807) is 19.5 Å². The predicted octanol–water partition coefficient (Wildman–Crippen LogP) is 2.28. The second-order valence-electron chi connectivity index (χ2n) is 4.47. The van der Waals surface area contributed by atoms with Crippen LogP contribution in [0.3, 0.4) is 0 Å². The third-order valence-electron chi connectivity index (χ3n) is 3.10. The van der Waals surface area contributed by atoms with Crippen LogP contribution in [0, 0.1) is 6.92 Å². The third kappa shape index (κ3) is 2.27. The number of anilines is 1. The van der Waals surface area contributed by atoms with Crippen molar-refractivity contribution in [2.75, 3.05) is 12.4 Å². The van der Waals surface area contributed by atoms with Crippen LogP contribution in [0.2, 0.25) is 0 Å². The van der Waals surface area contributed by atoms with E-state index in [4.69, 9.17) is 4.74 Å². The van der Waals surface area contributed by atoms with Crippen LogP contribution in [0.25, 0.3) is 11.0 Å². The molecule has 0 unspecified atom stereocenters. The largest absolute Gasteiger partial charge is 0.481 e. The van der Waals surface area contributed by atoms with E-state index in [-0.39, 0.29) is 0 Å². The predicted molar refractivity (Wildman–Crippen MR) is 76.7 cm³/mol. The molecule has 0 saturated carbocycles. The van der Waals surface area contributed by atoms with Crippen LogP contribution in [0.1, 0.15) is 11.3 Å². The highest BCUT2D eigenvalue weighted by atomic mass is 16.5. The Morgan fingerprint density at radius 1 is 1.20 bits per heavy atom. The zero-order chi connectivity index (χ0) is 13.9. The summed E-state index contributed by atoms with van der Waals surface area (Å²) in [5.41, 5.74) is 4.74. The summed E-state index contributed by atoms with van der Waals surface area (Å²) in [4.78, 5) is 8.50. The standard InChI is InChI=1S/C14H15N5O/c1-9-13-14(19-18-9)11(5-6-15-13)16-7-10-3-4-12(20-2)17-8-10/h3-6,8H,7H2,1-2H3,(H,15,16)(H,18,19). The van der Waals surface area contributed by atoms with Gasteiger partial charge in [0.25, 0.3) is 0 Å². The number of nitrogens with zero attached hydrogens (tertiary/aromatic N) is 3. The fraction of sp³-hybridized carbons (Fsp3) is 0.214. The molecule has 3 rings (SSSR count). The Balaban J connectivity index is 1.79. The molecule has 3 heterocycles. The maximum atomic E-state index is 5.04. The first-order chi connectivity index (χ1) is 9.78. The van der Waals surface area contributed by atoms with Crippen molar-refractivity contribution in [3.8, 4) is 5.88 Å². The number of fused-ring (bicyclic) bond motifs is 1. The number of H-pyrrole nitrogens is 1. The molecule has 0 bridgehead atoms. The quantitative estimate of drug-likeness (QED) is 0.760. The molecule has 20 heavy (non-hydrogen) atoms. The number of aryl methyl sites for hydroxylation is 1. The van der Waals surface area contributed by atoms with Crippen LogP contribution >= 0.6 is 0 Å². The first-order valence-corrected chi connectivity index (χ1v) is 6.30. The average Bonchev–Trinajstić information content (AvgIpc) is 2.88. The monoisotopic (exact) mass is 269 g/mol. The first-order valence-electron chi connectivity index (χ1n) is 6.30. The van der Waals surface area contributed by atoms with Gasteiger partial charge in [0.15, 0.2) is 0 Å². The van der Waals surface area contributed by atoms with E-state index < -0.39 is 0 Å². The van der Waals surface area contributed by atoms with Gasteiger partial charge in [0.1, 0.15) is 11.0 Å². The van der Waals surface area contributed by atoms with E-state index in [9.17, 15) is 0 Å². The minimum absolute atomic E-state index is 0.614. The van der Waals surface area contributed by atoms with Gasteiger partial charge in [-0.25, -0.2) is 4.98 Å². The number of ether oxygens (including phenoxy) is 1. The van der Waals surface area contributed by atoms with Gasteiger partial charge in [-0.2, -0.15) is 5.10 Å². The molecule has 0 aliphatic rings. The lowest BCUT2D eigenvalue weighted by Gasteiger charge is -2.07. The van der Waals surface area contributed by atoms with Crippen molar-refractivity contribution in [3.05, 3.63) is 41.9 Å². The Labute approximate surface area is 116 Å². The van der Waals surface area contributed by atoms with E-state index in [0.717, 1.165) is 28.0 Å². The normalized spacial score (nSPS) is 10.7. The van der Waals surface area contributed by atoms with Crippen molar-refractivity contribution in [2.24, 2.45) is 0 Å². The second-order valence-corrected chi connectivity index (χ2v) is 4.47. The second kappa shape index (κ2) is 5.16. The molecular formula is C14H15N5O. The number of aromatic nitrogens is 4. The van der Waals surface area contributed by atoms with E-state index in [2.05, 4.69) is 25.5 Å². The number of aromatic amines is 1. The van der Waals surface area contributed by atoms with Crippen molar-refractivity contribution in [1.29, 1.82) is 0 Å². The lowest BCUT2D eigenvalue weighted by Crippen LogP contribution is -2.01. The fourth-order valence-corrected chi connectivity index (χ4v) is 2.01. The summed E-state index contributed by atoms with van der Waals surface area (Å²) < 4.78 is 5.04. The van der Waals surface area contributed by atoms with Gasteiger partial charge in [0.05, 0.1) is 18.5 Å². The molecule has 6 nitrogen and oxygen atoms in total. The van der Waals surface area contributed by atoms with Gasteiger partial charge < -0.3 is 10.1 Å².